The average molecular weight is 133 g/mol. The number of carbonyl (C=O) groups is 1. The van der Waals surface area contributed by atoms with Gasteiger partial charge in [0, 0.05) is 0 Å². The summed E-state index contributed by atoms with van der Waals surface area (Å²) in [6.45, 7) is 1.79. The van der Waals surface area contributed by atoms with Crippen LogP contribution in [0.2, 0.25) is 0 Å². The van der Waals surface area contributed by atoms with Crippen molar-refractivity contribution in [2.45, 2.75) is 19.4 Å². The topological polar surface area (TPSA) is 61.5 Å². The Balaban J connectivity index is 3.64. The fourth-order valence-electron chi connectivity index (χ4n) is 0.450. The minimum absolute atomic E-state index is 0.431. The van der Waals surface area contributed by atoms with E-state index < -0.39 is 12.1 Å². The number of hydrogen-bond acceptors (Lipinski definition) is 4. The van der Waals surface area contributed by atoms with Crippen LogP contribution < -0.4 is 5.90 Å². The van der Waals surface area contributed by atoms with E-state index in [2.05, 4.69) is 9.57 Å². The van der Waals surface area contributed by atoms with Gasteiger partial charge in [0.2, 0.25) is 0 Å². The van der Waals surface area contributed by atoms with Gasteiger partial charge in [-0.3, -0.25) is 4.84 Å². The Morgan fingerprint density at radius 1 is 1.78 bits per heavy atom. The summed E-state index contributed by atoms with van der Waals surface area (Å²) < 4.78 is 4.35. The van der Waals surface area contributed by atoms with Crippen LogP contribution in [-0.4, -0.2) is 19.2 Å². The molecule has 0 bridgehead atoms. The molecule has 0 aliphatic rings. The summed E-state index contributed by atoms with van der Waals surface area (Å²) >= 11 is 0. The highest BCUT2D eigenvalue weighted by Gasteiger charge is 2.15. The highest BCUT2D eigenvalue weighted by atomic mass is 16.6. The molecule has 0 aromatic rings. The van der Waals surface area contributed by atoms with E-state index in [0.29, 0.717) is 6.42 Å². The molecule has 0 unspecified atom stereocenters. The molecule has 1 atom stereocenters. The minimum Gasteiger partial charge on any atom is -0.467 e. The van der Waals surface area contributed by atoms with E-state index in [1.54, 1.807) is 6.92 Å². The summed E-state index contributed by atoms with van der Waals surface area (Å²) in [6, 6.07) is 0. The summed E-state index contributed by atoms with van der Waals surface area (Å²) in [4.78, 5) is 14.8. The Morgan fingerprint density at radius 2 is 2.33 bits per heavy atom. The first-order valence-electron chi connectivity index (χ1n) is 2.69. The van der Waals surface area contributed by atoms with Crippen molar-refractivity contribution in [3.8, 4) is 0 Å². The van der Waals surface area contributed by atoms with Crippen molar-refractivity contribution in [2.75, 3.05) is 7.11 Å². The Bertz CT molecular complexity index is 90.2. The maximum atomic E-state index is 10.5. The third kappa shape index (κ3) is 2.43. The SMILES string of the molecule is CC[C@H](ON)C(=O)OC. The summed E-state index contributed by atoms with van der Waals surface area (Å²) in [6.07, 6.45) is -0.0848. The number of hydrogen-bond donors (Lipinski definition) is 1. The van der Waals surface area contributed by atoms with Crippen LogP contribution in [0.1, 0.15) is 13.3 Å². The van der Waals surface area contributed by atoms with Gasteiger partial charge in [-0.25, -0.2) is 10.7 Å². The van der Waals surface area contributed by atoms with Crippen LogP contribution >= 0.6 is 0 Å². The monoisotopic (exact) mass is 133 g/mol. The largest absolute Gasteiger partial charge is 0.467 e. The van der Waals surface area contributed by atoms with Gasteiger partial charge in [0.15, 0.2) is 6.10 Å². The molecule has 0 fully saturated rings. The van der Waals surface area contributed by atoms with E-state index in [-0.39, 0.29) is 0 Å². The molecule has 0 aromatic heterocycles. The Kier molecular flexibility index (Phi) is 4.00. The zero-order valence-electron chi connectivity index (χ0n) is 5.59. The van der Waals surface area contributed by atoms with Crippen LogP contribution in [-0.2, 0) is 14.4 Å². The number of methoxy groups -OCH3 is 1. The molecule has 0 spiro atoms. The summed E-state index contributed by atoms with van der Waals surface area (Å²) in [5.41, 5.74) is 0. The van der Waals surface area contributed by atoms with Crippen molar-refractivity contribution >= 4 is 5.97 Å². The lowest BCUT2D eigenvalue weighted by molar-refractivity contribution is -0.154. The van der Waals surface area contributed by atoms with Gasteiger partial charge in [-0.15, -0.1) is 0 Å². The van der Waals surface area contributed by atoms with Crippen molar-refractivity contribution in [3.63, 3.8) is 0 Å². The zero-order chi connectivity index (χ0) is 7.28. The first-order valence-corrected chi connectivity index (χ1v) is 2.69. The number of carbonyl (C=O) groups excluding carboxylic acids is 1. The molecule has 0 saturated carbocycles. The van der Waals surface area contributed by atoms with Crippen molar-refractivity contribution in [3.05, 3.63) is 0 Å². The molecule has 9 heavy (non-hydrogen) atoms. The molecule has 2 N–H and O–H groups in total. The fraction of sp³-hybridized carbons (Fsp3) is 0.800. The van der Waals surface area contributed by atoms with Gasteiger partial charge in [0.25, 0.3) is 0 Å². The second-order valence-electron chi connectivity index (χ2n) is 1.56. The van der Waals surface area contributed by atoms with Gasteiger partial charge in [0.1, 0.15) is 0 Å². The minimum atomic E-state index is -0.616. The normalized spacial score (nSPS) is 12.8. The molecule has 54 valence electrons. The second kappa shape index (κ2) is 4.29. The van der Waals surface area contributed by atoms with E-state index >= 15 is 0 Å². The fourth-order valence-corrected chi connectivity index (χ4v) is 0.450. The van der Waals surface area contributed by atoms with Crippen LogP contribution in [0, 0.1) is 0 Å². The molecule has 0 aliphatic heterocycles. The number of ether oxygens (including phenoxy) is 1. The third-order valence-corrected chi connectivity index (χ3v) is 0.999. The Hall–Kier alpha value is -0.610. The lowest BCUT2D eigenvalue weighted by Crippen LogP contribution is -2.27. The standard InChI is InChI=1S/C5H11NO3/c1-3-4(9-6)5(7)8-2/h4H,3,6H2,1-2H3/t4-/m0/s1. The van der Waals surface area contributed by atoms with Crippen LogP contribution in [0.4, 0.5) is 0 Å². The molecule has 0 saturated heterocycles. The van der Waals surface area contributed by atoms with E-state index in [4.69, 9.17) is 5.90 Å². The second-order valence-corrected chi connectivity index (χ2v) is 1.56. The third-order valence-electron chi connectivity index (χ3n) is 0.999. The number of esters is 1. The van der Waals surface area contributed by atoms with Crippen LogP contribution in [0.5, 0.6) is 0 Å². The molecule has 4 heteroatoms. The van der Waals surface area contributed by atoms with Crippen molar-refractivity contribution < 1.29 is 14.4 Å². The quantitative estimate of drug-likeness (QED) is 0.429. The number of rotatable bonds is 3. The van der Waals surface area contributed by atoms with Crippen LogP contribution in [0.15, 0.2) is 0 Å². The van der Waals surface area contributed by atoms with E-state index in [1.807, 2.05) is 0 Å². The van der Waals surface area contributed by atoms with Gasteiger partial charge >= 0.3 is 5.97 Å². The van der Waals surface area contributed by atoms with Crippen molar-refractivity contribution in [1.29, 1.82) is 0 Å². The predicted molar refractivity (Wildman–Crippen MR) is 31.4 cm³/mol. The molecule has 0 heterocycles. The first-order chi connectivity index (χ1) is 4.26. The molecule has 0 rings (SSSR count). The lowest BCUT2D eigenvalue weighted by atomic mass is 10.3. The van der Waals surface area contributed by atoms with Gasteiger partial charge in [-0.05, 0) is 6.42 Å². The highest BCUT2D eigenvalue weighted by molar-refractivity contribution is 5.74. The number of nitrogens with two attached hydrogens (primary N) is 1. The van der Waals surface area contributed by atoms with Crippen LogP contribution in [0.3, 0.4) is 0 Å². The maximum absolute atomic E-state index is 10.5. The van der Waals surface area contributed by atoms with E-state index in [9.17, 15) is 4.79 Å². The van der Waals surface area contributed by atoms with Gasteiger partial charge in [-0.1, -0.05) is 6.92 Å². The molecule has 0 aromatic carbocycles. The zero-order valence-corrected chi connectivity index (χ0v) is 5.59. The first kappa shape index (κ1) is 8.39. The summed E-state index contributed by atoms with van der Waals surface area (Å²) in [7, 11) is 1.30. The van der Waals surface area contributed by atoms with Gasteiger partial charge in [0.05, 0.1) is 7.11 Å². The predicted octanol–water partition coefficient (Wildman–Crippen LogP) is -0.172. The molecular formula is C5H11NO3. The smallest absolute Gasteiger partial charge is 0.337 e. The van der Waals surface area contributed by atoms with Crippen molar-refractivity contribution in [2.24, 2.45) is 5.90 Å². The summed E-state index contributed by atoms with van der Waals surface area (Å²) in [5.74, 6) is 4.33. The van der Waals surface area contributed by atoms with Gasteiger partial charge < -0.3 is 4.74 Å². The molecular weight excluding hydrogens is 122 g/mol. The van der Waals surface area contributed by atoms with Crippen molar-refractivity contribution in [1.82, 2.24) is 0 Å². The molecule has 4 nitrogen and oxygen atoms in total. The van der Waals surface area contributed by atoms with Gasteiger partial charge in [-0.2, -0.15) is 0 Å². The van der Waals surface area contributed by atoms with Crippen LogP contribution in [0.25, 0.3) is 0 Å². The Labute approximate surface area is 53.9 Å². The van der Waals surface area contributed by atoms with E-state index in [0.717, 1.165) is 0 Å². The summed E-state index contributed by atoms with van der Waals surface area (Å²) in [5, 5.41) is 0. The van der Waals surface area contributed by atoms with E-state index in [1.165, 1.54) is 7.11 Å². The average Bonchev–Trinajstić information content (AvgIpc) is 1.90. The maximum Gasteiger partial charge on any atom is 0.337 e. The molecule has 0 radical (unpaired) electrons. The highest BCUT2D eigenvalue weighted by Crippen LogP contribution is 1.95. The lowest BCUT2D eigenvalue weighted by Gasteiger charge is -2.07. The molecule has 0 aliphatic carbocycles. The molecule has 0 amide bonds. The Morgan fingerprint density at radius 3 is 2.44 bits per heavy atom.